The Kier molecular flexibility index (Phi) is 4.11. The van der Waals surface area contributed by atoms with Crippen molar-refractivity contribution in [3.8, 4) is 0 Å². The molecule has 0 aliphatic rings. The fourth-order valence-electron chi connectivity index (χ4n) is 1.46. The first-order valence-corrected chi connectivity index (χ1v) is 5.04. The predicted octanol–water partition coefficient (Wildman–Crippen LogP) is 1.77. The van der Waals surface area contributed by atoms with Crippen molar-refractivity contribution in [3.63, 3.8) is 0 Å². The molecule has 0 radical (unpaired) electrons. The van der Waals surface area contributed by atoms with Crippen molar-refractivity contribution in [1.29, 1.82) is 0 Å². The zero-order valence-electron chi connectivity index (χ0n) is 9.17. The second-order valence-electron chi connectivity index (χ2n) is 3.91. The number of benzene rings is 1. The van der Waals surface area contributed by atoms with E-state index in [1.54, 1.807) is 6.92 Å². The van der Waals surface area contributed by atoms with Crippen molar-refractivity contribution < 1.29 is 5.11 Å². The van der Waals surface area contributed by atoms with Crippen LogP contribution >= 0.6 is 0 Å². The normalized spacial score (nSPS) is 12.9. The van der Waals surface area contributed by atoms with Crippen LogP contribution in [0.5, 0.6) is 0 Å². The first-order chi connectivity index (χ1) is 6.59. The molecule has 2 heteroatoms. The molecule has 14 heavy (non-hydrogen) atoms. The lowest BCUT2D eigenvalue weighted by Gasteiger charge is -2.09. The number of aliphatic hydroxyl groups is 1. The molecule has 0 aromatic heterocycles. The molecule has 1 aromatic rings. The molecular formula is C12H19NO. The molecule has 1 atom stereocenters. The van der Waals surface area contributed by atoms with E-state index in [0.29, 0.717) is 6.54 Å². The van der Waals surface area contributed by atoms with Crippen molar-refractivity contribution in [2.45, 2.75) is 33.4 Å². The van der Waals surface area contributed by atoms with Gasteiger partial charge >= 0.3 is 0 Å². The maximum atomic E-state index is 9.08. The van der Waals surface area contributed by atoms with Crippen LogP contribution in [0.4, 0.5) is 0 Å². The molecule has 1 rings (SSSR count). The Hall–Kier alpha value is -0.860. The third kappa shape index (κ3) is 3.48. The fourth-order valence-corrected chi connectivity index (χ4v) is 1.46. The summed E-state index contributed by atoms with van der Waals surface area (Å²) in [6.45, 7) is 7.48. The van der Waals surface area contributed by atoms with E-state index in [1.165, 1.54) is 16.7 Å². The Morgan fingerprint density at radius 3 is 2.64 bits per heavy atom. The number of hydrogen-bond acceptors (Lipinski definition) is 2. The van der Waals surface area contributed by atoms with Crippen LogP contribution in [0.2, 0.25) is 0 Å². The zero-order chi connectivity index (χ0) is 10.6. The summed E-state index contributed by atoms with van der Waals surface area (Å²) in [5.41, 5.74) is 3.90. The molecule has 0 aliphatic carbocycles. The molecule has 0 bridgehead atoms. The minimum Gasteiger partial charge on any atom is -0.392 e. The largest absolute Gasteiger partial charge is 0.392 e. The van der Waals surface area contributed by atoms with E-state index in [1.807, 2.05) is 0 Å². The van der Waals surface area contributed by atoms with Gasteiger partial charge in [0.2, 0.25) is 0 Å². The molecule has 1 aromatic carbocycles. The Morgan fingerprint density at radius 1 is 1.36 bits per heavy atom. The third-order valence-electron chi connectivity index (χ3n) is 2.25. The zero-order valence-corrected chi connectivity index (χ0v) is 9.17. The molecule has 0 spiro atoms. The molecule has 0 saturated heterocycles. The van der Waals surface area contributed by atoms with Gasteiger partial charge in [-0.3, -0.25) is 0 Å². The van der Waals surface area contributed by atoms with Crippen LogP contribution in [0.3, 0.4) is 0 Å². The highest BCUT2D eigenvalue weighted by Crippen LogP contribution is 2.09. The van der Waals surface area contributed by atoms with Gasteiger partial charge in [0.05, 0.1) is 6.10 Å². The van der Waals surface area contributed by atoms with Gasteiger partial charge in [0.15, 0.2) is 0 Å². The quantitative estimate of drug-likeness (QED) is 0.764. The Balaban J connectivity index is 2.51. The summed E-state index contributed by atoms with van der Waals surface area (Å²) in [4.78, 5) is 0. The van der Waals surface area contributed by atoms with Crippen molar-refractivity contribution in [2.24, 2.45) is 0 Å². The van der Waals surface area contributed by atoms with Crippen LogP contribution in [0, 0.1) is 13.8 Å². The van der Waals surface area contributed by atoms with E-state index in [4.69, 9.17) is 5.11 Å². The summed E-state index contributed by atoms with van der Waals surface area (Å²) in [6, 6.07) is 6.44. The van der Waals surface area contributed by atoms with E-state index < -0.39 is 0 Å². The van der Waals surface area contributed by atoms with E-state index in [9.17, 15) is 0 Å². The summed E-state index contributed by atoms with van der Waals surface area (Å²) >= 11 is 0. The van der Waals surface area contributed by atoms with E-state index >= 15 is 0 Å². The summed E-state index contributed by atoms with van der Waals surface area (Å²) < 4.78 is 0. The van der Waals surface area contributed by atoms with Crippen LogP contribution in [0.25, 0.3) is 0 Å². The highest BCUT2D eigenvalue weighted by atomic mass is 16.3. The lowest BCUT2D eigenvalue weighted by Crippen LogP contribution is -2.24. The third-order valence-corrected chi connectivity index (χ3v) is 2.25. The standard InChI is InChI=1S/C12H19NO/c1-9-4-5-12(10(2)6-9)8-13-7-11(3)14/h4-6,11,13-14H,7-8H2,1-3H3. The number of hydrogen-bond donors (Lipinski definition) is 2. The number of rotatable bonds is 4. The van der Waals surface area contributed by atoms with Gasteiger partial charge < -0.3 is 10.4 Å². The molecular weight excluding hydrogens is 174 g/mol. The summed E-state index contributed by atoms with van der Waals surface area (Å²) in [7, 11) is 0. The lowest BCUT2D eigenvalue weighted by atomic mass is 10.1. The number of nitrogens with one attached hydrogen (secondary N) is 1. The van der Waals surface area contributed by atoms with Crippen LogP contribution in [-0.2, 0) is 6.54 Å². The molecule has 0 heterocycles. The van der Waals surface area contributed by atoms with Gasteiger partial charge in [0, 0.05) is 13.1 Å². The molecule has 2 N–H and O–H groups in total. The fraction of sp³-hybridized carbons (Fsp3) is 0.500. The van der Waals surface area contributed by atoms with Crippen molar-refractivity contribution >= 4 is 0 Å². The molecule has 1 unspecified atom stereocenters. The SMILES string of the molecule is Cc1ccc(CNCC(C)O)c(C)c1. The predicted molar refractivity (Wildman–Crippen MR) is 59.3 cm³/mol. The maximum Gasteiger partial charge on any atom is 0.0636 e. The Labute approximate surface area is 86.0 Å². The van der Waals surface area contributed by atoms with Gasteiger partial charge in [-0.25, -0.2) is 0 Å². The second kappa shape index (κ2) is 5.13. The van der Waals surface area contributed by atoms with Crippen molar-refractivity contribution in [1.82, 2.24) is 5.32 Å². The average molecular weight is 193 g/mol. The average Bonchev–Trinajstić information content (AvgIpc) is 2.08. The highest BCUT2D eigenvalue weighted by molar-refractivity contribution is 5.30. The molecule has 78 valence electrons. The molecule has 2 nitrogen and oxygen atoms in total. The molecule has 0 saturated carbocycles. The van der Waals surface area contributed by atoms with Crippen LogP contribution < -0.4 is 5.32 Å². The molecule has 0 fully saturated rings. The minimum atomic E-state index is -0.277. The van der Waals surface area contributed by atoms with Gasteiger partial charge in [-0.2, -0.15) is 0 Å². The van der Waals surface area contributed by atoms with Gasteiger partial charge in [-0.15, -0.1) is 0 Å². The monoisotopic (exact) mass is 193 g/mol. The van der Waals surface area contributed by atoms with E-state index in [0.717, 1.165) is 6.54 Å². The topological polar surface area (TPSA) is 32.3 Å². The Bertz CT molecular complexity index is 294. The highest BCUT2D eigenvalue weighted by Gasteiger charge is 1.99. The Morgan fingerprint density at radius 2 is 2.07 bits per heavy atom. The van der Waals surface area contributed by atoms with Crippen molar-refractivity contribution in [2.75, 3.05) is 6.54 Å². The molecule has 0 aliphatic heterocycles. The first-order valence-electron chi connectivity index (χ1n) is 5.04. The summed E-state index contributed by atoms with van der Waals surface area (Å²) in [5, 5.41) is 12.3. The molecule has 0 amide bonds. The second-order valence-corrected chi connectivity index (χ2v) is 3.91. The first kappa shape index (κ1) is 11.2. The number of aryl methyl sites for hydroxylation is 2. The maximum absolute atomic E-state index is 9.08. The van der Waals surface area contributed by atoms with Crippen LogP contribution in [0.1, 0.15) is 23.6 Å². The van der Waals surface area contributed by atoms with Crippen LogP contribution in [-0.4, -0.2) is 17.8 Å². The summed E-state index contributed by atoms with van der Waals surface area (Å²) in [5.74, 6) is 0. The van der Waals surface area contributed by atoms with Crippen molar-refractivity contribution in [3.05, 3.63) is 34.9 Å². The minimum absolute atomic E-state index is 0.277. The van der Waals surface area contributed by atoms with Crippen LogP contribution in [0.15, 0.2) is 18.2 Å². The van der Waals surface area contributed by atoms with Gasteiger partial charge in [-0.1, -0.05) is 23.8 Å². The smallest absolute Gasteiger partial charge is 0.0636 e. The van der Waals surface area contributed by atoms with E-state index in [-0.39, 0.29) is 6.10 Å². The summed E-state index contributed by atoms with van der Waals surface area (Å²) in [6.07, 6.45) is -0.277. The van der Waals surface area contributed by atoms with Gasteiger partial charge in [-0.05, 0) is 31.9 Å². The van der Waals surface area contributed by atoms with E-state index in [2.05, 4.69) is 37.4 Å². The lowest BCUT2D eigenvalue weighted by molar-refractivity contribution is 0.191. The van der Waals surface area contributed by atoms with Gasteiger partial charge in [0.1, 0.15) is 0 Å². The van der Waals surface area contributed by atoms with Gasteiger partial charge in [0.25, 0.3) is 0 Å². The number of aliphatic hydroxyl groups excluding tert-OH is 1.